The fourth-order valence-electron chi connectivity index (χ4n) is 2.95. The van der Waals surface area contributed by atoms with Crippen molar-refractivity contribution in [3.8, 4) is 5.75 Å². The maximum atomic E-state index is 12.0. The zero-order chi connectivity index (χ0) is 16.7. The van der Waals surface area contributed by atoms with Gasteiger partial charge in [-0.05, 0) is 37.9 Å². The van der Waals surface area contributed by atoms with Gasteiger partial charge < -0.3 is 20.5 Å². The van der Waals surface area contributed by atoms with E-state index in [2.05, 4.69) is 15.5 Å². The maximum Gasteiger partial charge on any atom is 0.319 e. The van der Waals surface area contributed by atoms with E-state index < -0.39 is 0 Å². The molecule has 128 valence electrons. The highest BCUT2D eigenvalue weighted by Gasteiger charge is 2.20. The molecule has 1 aliphatic rings. The summed E-state index contributed by atoms with van der Waals surface area (Å²) in [6, 6.07) is 5.57. The van der Waals surface area contributed by atoms with E-state index in [4.69, 9.17) is 4.74 Å². The average molecular weight is 321 g/mol. The molecule has 0 unspecified atom stereocenters. The molecule has 0 aliphatic carbocycles. The lowest BCUT2D eigenvalue weighted by Gasteiger charge is -2.34. The smallest absolute Gasteiger partial charge is 0.319 e. The third kappa shape index (κ3) is 5.11. The van der Waals surface area contributed by atoms with Gasteiger partial charge in [-0.2, -0.15) is 0 Å². The Morgan fingerprint density at radius 2 is 2.26 bits per heavy atom. The second kappa shape index (κ2) is 8.74. The molecule has 2 rings (SSSR count). The predicted octanol–water partition coefficient (Wildman–Crippen LogP) is 1.97. The number of anilines is 1. The van der Waals surface area contributed by atoms with E-state index in [-0.39, 0.29) is 18.7 Å². The van der Waals surface area contributed by atoms with E-state index in [1.807, 2.05) is 19.1 Å². The molecule has 3 N–H and O–H groups in total. The molecule has 0 bridgehead atoms. The Morgan fingerprint density at radius 1 is 1.43 bits per heavy atom. The molecule has 2 amide bonds. The number of carbonyl (C=O) groups excluding carboxylic acids is 1. The number of aliphatic hydroxyl groups excluding tert-OH is 1. The van der Waals surface area contributed by atoms with Gasteiger partial charge in [0.25, 0.3) is 0 Å². The van der Waals surface area contributed by atoms with Gasteiger partial charge in [-0.15, -0.1) is 0 Å². The minimum Gasteiger partial charge on any atom is -0.496 e. The summed E-state index contributed by atoms with van der Waals surface area (Å²) in [7, 11) is 1.61. The van der Waals surface area contributed by atoms with Crippen molar-refractivity contribution in [2.24, 2.45) is 0 Å². The molecule has 1 fully saturated rings. The monoisotopic (exact) mass is 321 g/mol. The number of urea groups is 1. The van der Waals surface area contributed by atoms with Crippen LogP contribution >= 0.6 is 0 Å². The van der Waals surface area contributed by atoms with Crippen molar-refractivity contribution < 1.29 is 14.6 Å². The van der Waals surface area contributed by atoms with E-state index in [1.165, 1.54) is 6.42 Å². The van der Waals surface area contributed by atoms with Crippen LogP contribution in [0.4, 0.5) is 10.5 Å². The van der Waals surface area contributed by atoms with Crippen molar-refractivity contribution in [3.63, 3.8) is 0 Å². The standard InChI is InChI=1S/C17H27N3O3/c1-13-6-7-14(11-16(13)23-2)19-17(22)18-8-10-20-9-4-3-5-15(20)12-21/h6-7,11,15,21H,3-5,8-10,12H2,1-2H3,(H2,18,19,22)/t15-/m1/s1. The number of benzene rings is 1. The summed E-state index contributed by atoms with van der Waals surface area (Å²) >= 11 is 0. The Bertz CT molecular complexity index is 522. The first-order chi connectivity index (χ1) is 11.1. The van der Waals surface area contributed by atoms with E-state index in [1.54, 1.807) is 13.2 Å². The summed E-state index contributed by atoms with van der Waals surface area (Å²) < 4.78 is 5.25. The largest absolute Gasteiger partial charge is 0.496 e. The van der Waals surface area contributed by atoms with Gasteiger partial charge in [-0.1, -0.05) is 12.5 Å². The van der Waals surface area contributed by atoms with Gasteiger partial charge in [-0.25, -0.2) is 4.79 Å². The lowest BCUT2D eigenvalue weighted by atomic mass is 10.0. The van der Waals surface area contributed by atoms with Crippen LogP contribution < -0.4 is 15.4 Å². The number of likely N-dealkylation sites (tertiary alicyclic amines) is 1. The first-order valence-corrected chi connectivity index (χ1v) is 8.18. The molecule has 0 spiro atoms. The van der Waals surface area contributed by atoms with Gasteiger partial charge in [0.1, 0.15) is 5.75 Å². The number of nitrogens with zero attached hydrogens (tertiary/aromatic N) is 1. The van der Waals surface area contributed by atoms with Gasteiger partial charge in [0.15, 0.2) is 0 Å². The second-order valence-corrected chi connectivity index (χ2v) is 5.93. The molecule has 1 heterocycles. The normalized spacial score (nSPS) is 18.5. The highest BCUT2D eigenvalue weighted by molar-refractivity contribution is 5.89. The van der Waals surface area contributed by atoms with Gasteiger partial charge >= 0.3 is 6.03 Å². The summed E-state index contributed by atoms with van der Waals surface area (Å²) in [4.78, 5) is 14.2. The van der Waals surface area contributed by atoms with Crippen molar-refractivity contribution >= 4 is 11.7 Å². The highest BCUT2D eigenvalue weighted by Crippen LogP contribution is 2.22. The van der Waals surface area contributed by atoms with Crippen LogP contribution in [0.5, 0.6) is 5.75 Å². The fraction of sp³-hybridized carbons (Fsp3) is 0.588. The van der Waals surface area contributed by atoms with Gasteiger partial charge in [-0.3, -0.25) is 4.90 Å². The van der Waals surface area contributed by atoms with Crippen LogP contribution in [-0.2, 0) is 0 Å². The van der Waals surface area contributed by atoms with Crippen molar-refractivity contribution in [1.82, 2.24) is 10.2 Å². The summed E-state index contributed by atoms with van der Waals surface area (Å²) in [5.41, 5.74) is 1.73. The van der Waals surface area contributed by atoms with E-state index in [0.717, 1.165) is 37.2 Å². The van der Waals surface area contributed by atoms with Crippen LogP contribution in [0.2, 0.25) is 0 Å². The number of aryl methyl sites for hydroxylation is 1. The molecule has 23 heavy (non-hydrogen) atoms. The third-order valence-corrected chi connectivity index (χ3v) is 4.31. The zero-order valence-corrected chi connectivity index (χ0v) is 14.0. The molecular weight excluding hydrogens is 294 g/mol. The van der Waals surface area contributed by atoms with Crippen LogP contribution in [0.3, 0.4) is 0 Å². The molecule has 0 radical (unpaired) electrons. The Morgan fingerprint density at radius 3 is 3.00 bits per heavy atom. The van der Waals surface area contributed by atoms with E-state index >= 15 is 0 Å². The van der Waals surface area contributed by atoms with E-state index in [9.17, 15) is 9.90 Å². The summed E-state index contributed by atoms with van der Waals surface area (Å²) in [5, 5.41) is 15.1. The number of methoxy groups -OCH3 is 1. The predicted molar refractivity (Wildman–Crippen MR) is 91.1 cm³/mol. The van der Waals surface area contributed by atoms with Crippen molar-refractivity contribution in [3.05, 3.63) is 23.8 Å². The molecule has 6 nitrogen and oxygen atoms in total. The Kier molecular flexibility index (Phi) is 6.67. The molecule has 0 aromatic heterocycles. The molecule has 1 aromatic carbocycles. The first-order valence-electron chi connectivity index (χ1n) is 8.18. The Balaban J connectivity index is 1.76. The third-order valence-electron chi connectivity index (χ3n) is 4.31. The molecule has 1 aliphatic heterocycles. The van der Waals surface area contributed by atoms with Gasteiger partial charge in [0, 0.05) is 30.9 Å². The number of nitrogens with one attached hydrogen (secondary N) is 2. The number of piperidine rings is 1. The molecule has 1 aromatic rings. The van der Waals surface area contributed by atoms with Gasteiger partial charge in [0.05, 0.1) is 13.7 Å². The summed E-state index contributed by atoms with van der Waals surface area (Å²) in [6.07, 6.45) is 3.36. The highest BCUT2D eigenvalue weighted by atomic mass is 16.5. The maximum absolute atomic E-state index is 12.0. The lowest BCUT2D eigenvalue weighted by molar-refractivity contribution is 0.0917. The number of hydrogen-bond acceptors (Lipinski definition) is 4. The van der Waals surface area contributed by atoms with Crippen molar-refractivity contribution in [2.45, 2.75) is 32.2 Å². The SMILES string of the molecule is COc1cc(NC(=O)NCCN2CCCC[C@@H]2CO)ccc1C. The van der Waals surface area contributed by atoms with Crippen molar-refractivity contribution in [1.29, 1.82) is 0 Å². The van der Waals surface area contributed by atoms with Crippen LogP contribution in [0.15, 0.2) is 18.2 Å². The Labute approximate surface area is 137 Å². The molecular formula is C17H27N3O3. The first kappa shape index (κ1) is 17.6. The number of ether oxygens (including phenoxy) is 1. The quantitative estimate of drug-likeness (QED) is 0.749. The van der Waals surface area contributed by atoms with Crippen LogP contribution in [0, 0.1) is 6.92 Å². The molecule has 6 heteroatoms. The summed E-state index contributed by atoms with van der Waals surface area (Å²) in [5.74, 6) is 0.752. The topological polar surface area (TPSA) is 73.8 Å². The number of aliphatic hydroxyl groups is 1. The van der Waals surface area contributed by atoms with E-state index in [0.29, 0.717) is 12.2 Å². The molecule has 0 saturated carbocycles. The second-order valence-electron chi connectivity index (χ2n) is 5.93. The number of hydrogen-bond donors (Lipinski definition) is 3. The van der Waals surface area contributed by atoms with Crippen molar-refractivity contribution in [2.75, 3.05) is 38.7 Å². The zero-order valence-electron chi connectivity index (χ0n) is 14.0. The van der Waals surface area contributed by atoms with Crippen LogP contribution in [0.25, 0.3) is 0 Å². The van der Waals surface area contributed by atoms with Crippen LogP contribution in [-0.4, -0.2) is 55.4 Å². The van der Waals surface area contributed by atoms with Gasteiger partial charge in [0.2, 0.25) is 0 Å². The minimum absolute atomic E-state index is 0.190. The lowest BCUT2D eigenvalue weighted by Crippen LogP contribution is -2.46. The minimum atomic E-state index is -0.228. The molecule has 1 saturated heterocycles. The molecule has 1 atom stereocenters. The summed E-state index contributed by atoms with van der Waals surface area (Å²) in [6.45, 7) is 4.46. The fourth-order valence-corrected chi connectivity index (χ4v) is 2.95. The Hall–Kier alpha value is -1.79. The van der Waals surface area contributed by atoms with Crippen LogP contribution in [0.1, 0.15) is 24.8 Å². The average Bonchev–Trinajstić information content (AvgIpc) is 2.57. The number of rotatable bonds is 6. The number of carbonyl (C=O) groups is 1. The number of amides is 2.